The van der Waals surface area contributed by atoms with Crippen molar-refractivity contribution in [2.45, 2.75) is 63.0 Å². The van der Waals surface area contributed by atoms with Gasteiger partial charge < -0.3 is 14.9 Å². The molecule has 2 heterocycles. The standard InChI is InChI=1S/C15H25FN2O5Si/c1-14(2,3)8-6-18(13(22)17-12(8)21)15(24(4)5)11(16)10(20)9(7-19)23-15/h6,9-11,19-20,24H,7H2,1-5H3,(H,17,21,22)/t9-,10-,11-,15+/m1/s1. The van der Waals surface area contributed by atoms with Crippen LogP contribution in [-0.4, -0.2) is 53.5 Å². The fraction of sp³-hybridized carbons (Fsp3) is 0.733. The highest BCUT2D eigenvalue weighted by molar-refractivity contribution is 6.58. The predicted molar refractivity (Wildman–Crippen MR) is 89.7 cm³/mol. The lowest BCUT2D eigenvalue weighted by Crippen LogP contribution is -2.58. The fourth-order valence-corrected chi connectivity index (χ4v) is 5.17. The summed E-state index contributed by atoms with van der Waals surface area (Å²) in [5.74, 6) is 0. The molecular formula is C15H25FN2O5Si. The molecule has 2 rings (SSSR count). The zero-order valence-electron chi connectivity index (χ0n) is 14.5. The van der Waals surface area contributed by atoms with E-state index in [2.05, 4.69) is 4.98 Å². The molecule has 0 unspecified atom stereocenters. The molecule has 0 amide bonds. The SMILES string of the molecule is C[SiH](C)[C@@]1(n2cc(C(C)(C)C)c(=O)[nH]c2=O)O[C@H](CO)[C@@H](O)[C@H]1F. The van der Waals surface area contributed by atoms with Crippen LogP contribution in [0.15, 0.2) is 15.8 Å². The minimum absolute atomic E-state index is 0.314. The van der Waals surface area contributed by atoms with Gasteiger partial charge in [-0.1, -0.05) is 33.9 Å². The topological polar surface area (TPSA) is 105 Å². The molecule has 0 saturated carbocycles. The molecule has 0 radical (unpaired) electrons. The molecule has 1 aliphatic heterocycles. The molecule has 0 spiro atoms. The summed E-state index contributed by atoms with van der Waals surface area (Å²) in [6.45, 7) is 8.43. The van der Waals surface area contributed by atoms with E-state index >= 15 is 4.39 Å². The second-order valence-electron chi connectivity index (χ2n) is 7.56. The Bertz CT molecular complexity index is 726. The number of aromatic nitrogens is 2. The molecule has 4 atom stereocenters. The first-order valence-corrected chi connectivity index (χ1v) is 10.8. The second-order valence-corrected chi connectivity index (χ2v) is 10.7. The number of hydrogen-bond acceptors (Lipinski definition) is 5. The summed E-state index contributed by atoms with van der Waals surface area (Å²) in [7, 11) is -2.08. The highest BCUT2D eigenvalue weighted by atomic mass is 28.3. The largest absolute Gasteiger partial charge is 0.394 e. The van der Waals surface area contributed by atoms with Gasteiger partial charge in [0.1, 0.15) is 21.0 Å². The lowest BCUT2D eigenvalue weighted by Gasteiger charge is -2.36. The van der Waals surface area contributed by atoms with Gasteiger partial charge in [0.25, 0.3) is 5.56 Å². The van der Waals surface area contributed by atoms with Crippen LogP contribution in [0.4, 0.5) is 4.39 Å². The molecule has 1 aliphatic rings. The Labute approximate surface area is 140 Å². The molecule has 9 heteroatoms. The van der Waals surface area contributed by atoms with Crippen LogP contribution >= 0.6 is 0 Å². The van der Waals surface area contributed by atoms with E-state index in [1.54, 1.807) is 33.9 Å². The van der Waals surface area contributed by atoms with Crippen molar-refractivity contribution < 1.29 is 19.3 Å². The molecule has 0 bridgehead atoms. The molecule has 0 aliphatic carbocycles. The second kappa shape index (κ2) is 6.21. The maximum atomic E-state index is 15.0. The van der Waals surface area contributed by atoms with Gasteiger partial charge in [0.05, 0.1) is 6.61 Å². The van der Waals surface area contributed by atoms with Gasteiger partial charge in [-0.3, -0.25) is 14.3 Å². The third-order valence-corrected chi connectivity index (χ3v) is 6.94. The monoisotopic (exact) mass is 360 g/mol. The van der Waals surface area contributed by atoms with Gasteiger partial charge in [-0.05, 0) is 5.41 Å². The van der Waals surface area contributed by atoms with Crippen LogP contribution in [0.1, 0.15) is 26.3 Å². The Kier molecular flexibility index (Phi) is 4.93. The van der Waals surface area contributed by atoms with Gasteiger partial charge in [0.15, 0.2) is 11.5 Å². The van der Waals surface area contributed by atoms with Crippen LogP contribution in [0, 0.1) is 0 Å². The number of halogens is 1. The quantitative estimate of drug-likeness (QED) is 0.637. The van der Waals surface area contributed by atoms with Crippen molar-refractivity contribution in [3.8, 4) is 0 Å². The molecule has 136 valence electrons. The summed E-state index contributed by atoms with van der Waals surface area (Å²) in [5, 5.41) is 17.7. The van der Waals surface area contributed by atoms with Crippen molar-refractivity contribution in [2.24, 2.45) is 0 Å². The predicted octanol–water partition coefficient (Wildman–Crippen LogP) is -0.397. The first kappa shape index (κ1) is 19.0. The Morgan fingerprint density at radius 2 is 2.00 bits per heavy atom. The van der Waals surface area contributed by atoms with Crippen molar-refractivity contribution in [3.05, 3.63) is 32.6 Å². The van der Waals surface area contributed by atoms with Crippen LogP contribution in [0.5, 0.6) is 0 Å². The highest BCUT2D eigenvalue weighted by Gasteiger charge is 2.59. The van der Waals surface area contributed by atoms with E-state index in [4.69, 9.17) is 4.74 Å². The molecular weight excluding hydrogens is 335 g/mol. The normalized spacial score (nSPS) is 31.0. The van der Waals surface area contributed by atoms with Gasteiger partial charge in [-0.2, -0.15) is 0 Å². The van der Waals surface area contributed by atoms with E-state index in [1.807, 2.05) is 0 Å². The highest BCUT2D eigenvalue weighted by Crippen LogP contribution is 2.39. The average molecular weight is 360 g/mol. The maximum absolute atomic E-state index is 15.0. The molecule has 0 aromatic carbocycles. The Morgan fingerprint density at radius 3 is 2.42 bits per heavy atom. The molecule has 1 fully saturated rings. The summed E-state index contributed by atoms with van der Waals surface area (Å²) in [4.78, 5) is 26.7. The van der Waals surface area contributed by atoms with Gasteiger partial charge >= 0.3 is 5.69 Å². The maximum Gasteiger partial charge on any atom is 0.330 e. The lowest BCUT2D eigenvalue weighted by atomic mass is 9.89. The Balaban J connectivity index is 2.75. The number of aliphatic hydroxyl groups excluding tert-OH is 2. The minimum Gasteiger partial charge on any atom is -0.394 e. The van der Waals surface area contributed by atoms with Crippen molar-refractivity contribution in [3.63, 3.8) is 0 Å². The minimum atomic E-state index is -2.08. The number of aromatic amines is 1. The zero-order chi connectivity index (χ0) is 18.4. The van der Waals surface area contributed by atoms with E-state index in [0.717, 1.165) is 4.57 Å². The van der Waals surface area contributed by atoms with Crippen LogP contribution in [0.25, 0.3) is 0 Å². The molecule has 7 nitrogen and oxygen atoms in total. The summed E-state index contributed by atoms with van der Waals surface area (Å²) in [6.07, 6.45) is -3.21. The number of nitrogens with one attached hydrogen (secondary N) is 1. The first-order valence-electron chi connectivity index (χ1n) is 7.94. The van der Waals surface area contributed by atoms with Gasteiger partial charge in [0.2, 0.25) is 0 Å². The fourth-order valence-electron chi connectivity index (χ4n) is 3.14. The van der Waals surface area contributed by atoms with Crippen molar-refractivity contribution in [1.82, 2.24) is 9.55 Å². The van der Waals surface area contributed by atoms with Gasteiger partial charge in [0, 0.05) is 11.8 Å². The van der Waals surface area contributed by atoms with E-state index in [0.29, 0.717) is 5.56 Å². The van der Waals surface area contributed by atoms with E-state index < -0.39 is 55.8 Å². The average Bonchev–Trinajstić information content (AvgIpc) is 2.71. The molecule has 1 saturated heterocycles. The summed E-state index contributed by atoms with van der Waals surface area (Å²) >= 11 is 0. The van der Waals surface area contributed by atoms with Crippen LogP contribution in [-0.2, 0) is 15.5 Å². The molecule has 1 aromatic heterocycles. The van der Waals surface area contributed by atoms with Crippen molar-refractivity contribution >= 4 is 8.80 Å². The smallest absolute Gasteiger partial charge is 0.330 e. The van der Waals surface area contributed by atoms with E-state index in [1.165, 1.54) is 6.20 Å². The number of alkyl halides is 1. The Morgan fingerprint density at radius 1 is 1.42 bits per heavy atom. The van der Waals surface area contributed by atoms with Crippen LogP contribution < -0.4 is 11.2 Å². The molecule has 3 N–H and O–H groups in total. The molecule has 1 aromatic rings. The first-order chi connectivity index (χ1) is 11.0. The number of aliphatic hydroxyl groups is 2. The van der Waals surface area contributed by atoms with Gasteiger partial charge in [-0.25, -0.2) is 9.18 Å². The summed E-state index contributed by atoms with van der Waals surface area (Å²) in [6, 6.07) is 0. The number of ether oxygens (including phenoxy) is 1. The van der Waals surface area contributed by atoms with Crippen LogP contribution in [0.2, 0.25) is 13.1 Å². The summed E-state index contributed by atoms with van der Waals surface area (Å²) < 4.78 is 21.8. The number of hydrogen-bond donors (Lipinski definition) is 3. The zero-order valence-corrected chi connectivity index (χ0v) is 15.7. The number of nitrogens with zero attached hydrogens (tertiary/aromatic N) is 1. The lowest BCUT2D eigenvalue weighted by molar-refractivity contribution is -0.0828. The van der Waals surface area contributed by atoms with E-state index in [-0.39, 0.29) is 0 Å². The molecule has 24 heavy (non-hydrogen) atoms. The van der Waals surface area contributed by atoms with Crippen molar-refractivity contribution in [2.75, 3.05) is 6.61 Å². The van der Waals surface area contributed by atoms with Gasteiger partial charge in [-0.15, -0.1) is 0 Å². The summed E-state index contributed by atoms with van der Waals surface area (Å²) in [5.41, 5.74) is -1.57. The Hall–Kier alpha value is -1.29. The van der Waals surface area contributed by atoms with Crippen LogP contribution in [0.3, 0.4) is 0 Å². The number of rotatable bonds is 3. The van der Waals surface area contributed by atoms with Crippen molar-refractivity contribution in [1.29, 1.82) is 0 Å². The van der Waals surface area contributed by atoms with E-state index in [9.17, 15) is 19.8 Å². The third-order valence-electron chi connectivity index (χ3n) is 4.55. The number of H-pyrrole nitrogens is 1. The third kappa shape index (κ3) is 2.79.